The third-order valence-electron chi connectivity index (χ3n) is 3.21. The van der Waals surface area contributed by atoms with E-state index >= 15 is 0 Å². The van der Waals surface area contributed by atoms with Crippen molar-refractivity contribution in [2.75, 3.05) is 0 Å². The zero-order valence-electron chi connectivity index (χ0n) is 12.8. The molecule has 0 spiro atoms. The van der Waals surface area contributed by atoms with Crippen LogP contribution >= 0.6 is 11.3 Å². The van der Waals surface area contributed by atoms with E-state index in [4.69, 9.17) is 10.4 Å². The van der Waals surface area contributed by atoms with Crippen molar-refractivity contribution in [2.24, 2.45) is 10.3 Å². The first-order valence-corrected chi connectivity index (χ1v) is 7.60. The maximum absolute atomic E-state index is 8.53. The molecule has 25 heavy (non-hydrogen) atoms. The molecule has 0 aliphatic rings. The molecule has 0 saturated carbocycles. The van der Waals surface area contributed by atoms with Crippen molar-refractivity contribution < 1.29 is 44.4 Å². The van der Waals surface area contributed by atoms with Gasteiger partial charge in [0.2, 0.25) is 0 Å². The van der Waals surface area contributed by atoms with Crippen LogP contribution in [-0.2, 0) is 0 Å². The number of hydrogen-bond acceptors (Lipinski definition) is 5. The van der Waals surface area contributed by atoms with Crippen molar-refractivity contribution in [3.05, 3.63) is 72.3 Å². The Morgan fingerprint density at radius 3 is 1.36 bits per heavy atom. The van der Waals surface area contributed by atoms with Crippen molar-refractivity contribution in [3.63, 3.8) is 0 Å². The van der Waals surface area contributed by atoms with Crippen LogP contribution in [0, 0.1) is 0 Å². The molecule has 3 aromatic rings. The van der Waals surface area contributed by atoms with Crippen molar-refractivity contribution >= 4 is 23.8 Å². The standard InChI is InChI=1S/C16H12N4O2S.2ClH/c21-17-11-13-3-7-19(8-4-13)15-1-2-16(23-15)20-9-5-14(6-10-20)12-18-22;;/h1-12H;2*1H. The van der Waals surface area contributed by atoms with E-state index in [9.17, 15) is 0 Å². The number of pyridine rings is 2. The highest BCUT2D eigenvalue weighted by molar-refractivity contribution is 7.15. The molecule has 0 aromatic carbocycles. The van der Waals surface area contributed by atoms with Gasteiger partial charge in [-0.05, 0) is 11.3 Å². The SMILES string of the molecule is O/N=C/c1cc[n+](-c2ccc(-[n+]3ccc(/C=N/O)cc3)s2)cc1.[Cl-].[Cl-]. The molecule has 0 saturated heterocycles. The fraction of sp³-hybridized carbons (Fsp3) is 0. The molecule has 2 N–H and O–H groups in total. The molecule has 0 fully saturated rings. The third-order valence-corrected chi connectivity index (χ3v) is 4.32. The predicted molar refractivity (Wildman–Crippen MR) is 86.1 cm³/mol. The summed E-state index contributed by atoms with van der Waals surface area (Å²) in [5, 5.41) is 25.2. The Morgan fingerprint density at radius 1 is 0.680 bits per heavy atom. The van der Waals surface area contributed by atoms with Crippen molar-refractivity contribution in [1.82, 2.24) is 0 Å². The lowest BCUT2D eigenvalue weighted by molar-refractivity contribution is -0.594. The van der Waals surface area contributed by atoms with Gasteiger partial charge in [-0.15, -0.1) is 0 Å². The summed E-state index contributed by atoms with van der Waals surface area (Å²) in [6, 6.07) is 11.6. The van der Waals surface area contributed by atoms with E-state index in [1.54, 1.807) is 11.3 Å². The molecule has 0 radical (unpaired) electrons. The average molecular weight is 397 g/mol. The van der Waals surface area contributed by atoms with Crippen molar-refractivity contribution in [2.45, 2.75) is 0 Å². The van der Waals surface area contributed by atoms with Gasteiger partial charge in [-0.2, -0.15) is 9.13 Å². The zero-order chi connectivity index (χ0) is 16.1. The summed E-state index contributed by atoms with van der Waals surface area (Å²) in [5.41, 5.74) is 1.66. The molecule has 6 nitrogen and oxygen atoms in total. The number of aromatic nitrogens is 2. The van der Waals surface area contributed by atoms with Crippen LogP contribution in [0.4, 0.5) is 0 Å². The Kier molecular flexibility index (Phi) is 8.00. The summed E-state index contributed by atoms with van der Waals surface area (Å²) in [5.74, 6) is 0. The summed E-state index contributed by atoms with van der Waals surface area (Å²) >= 11 is 1.64. The van der Waals surface area contributed by atoms with E-state index in [1.165, 1.54) is 12.4 Å². The van der Waals surface area contributed by atoms with E-state index in [2.05, 4.69) is 10.3 Å². The fourth-order valence-corrected chi connectivity index (χ4v) is 3.01. The van der Waals surface area contributed by atoms with Crippen LogP contribution in [0.5, 0.6) is 0 Å². The maximum Gasteiger partial charge on any atom is 0.273 e. The van der Waals surface area contributed by atoms with E-state index < -0.39 is 0 Å². The largest absolute Gasteiger partial charge is 1.00 e. The average Bonchev–Trinajstić information content (AvgIpc) is 3.07. The molecule has 0 aliphatic carbocycles. The minimum Gasteiger partial charge on any atom is -1.00 e. The molecule has 3 heterocycles. The minimum absolute atomic E-state index is 0. The number of thiophene rings is 1. The highest BCUT2D eigenvalue weighted by Crippen LogP contribution is 2.16. The lowest BCUT2D eigenvalue weighted by Gasteiger charge is -1.92. The molecule has 0 amide bonds. The van der Waals surface area contributed by atoms with Gasteiger partial charge in [0.15, 0.2) is 24.8 Å². The molecule has 0 atom stereocenters. The van der Waals surface area contributed by atoms with E-state index in [-0.39, 0.29) is 24.8 Å². The van der Waals surface area contributed by atoms with Crippen LogP contribution in [0.2, 0.25) is 0 Å². The number of halogens is 2. The molecule has 3 rings (SSSR count). The second-order valence-electron chi connectivity index (χ2n) is 4.68. The quantitative estimate of drug-likeness (QED) is 0.204. The van der Waals surface area contributed by atoms with Gasteiger partial charge >= 0.3 is 0 Å². The Bertz CT molecular complexity index is 779. The summed E-state index contributed by atoms with van der Waals surface area (Å²) in [6.45, 7) is 0. The van der Waals surface area contributed by atoms with Crippen LogP contribution in [-0.4, -0.2) is 22.8 Å². The first-order valence-electron chi connectivity index (χ1n) is 6.78. The fourth-order valence-electron chi connectivity index (χ4n) is 2.07. The third kappa shape index (κ3) is 4.99. The number of nitrogens with zero attached hydrogens (tertiary/aromatic N) is 4. The predicted octanol–water partition coefficient (Wildman–Crippen LogP) is -4.07. The second-order valence-corrected chi connectivity index (χ2v) is 5.72. The highest BCUT2D eigenvalue weighted by Gasteiger charge is 2.15. The van der Waals surface area contributed by atoms with E-state index in [0.717, 1.165) is 21.1 Å². The van der Waals surface area contributed by atoms with Gasteiger partial charge in [-0.1, -0.05) is 10.3 Å². The lowest BCUT2D eigenvalue weighted by Crippen LogP contribution is -3.00. The van der Waals surface area contributed by atoms with Crippen LogP contribution in [0.3, 0.4) is 0 Å². The van der Waals surface area contributed by atoms with Gasteiger partial charge in [-0.3, -0.25) is 0 Å². The second kappa shape index (κ2) is 9.73. The van der Waals surface area contributed by atoms with Gasteiger partial charge < -0.3 is 35.2 Å². The Hall–Kier alpha value is -2.48. The minimum atomic E-state index is 0. The summed E-state index contributed by atoms with van der Waals surface area (Å²) < 4.78 is 3.99. The van der Waals surface area contributed by atoms with E-state index in [1.807, 2.05) is 70.3 Å². The maximum atomic E-state index is 8.53. The van der Waals surface area contributed by atoms with Gasteiger partial charge in [0, 0.05) is 47.5 Å². The van der Waals surface area contributed by atoms with Gasteiger partial charge in [0.05, 0.1) is 12.4 Å². The molecule has 0 aliphatic heterocycles. The number of oxime groups is 2. The molecular formula is C16H14Cl2N4O2S. The first kappa shape index (κ1) is 20.6. The van der Waals surface area contributed by atoms with Crippen molar-refractivity contribution in [1.29, 1.82) is 0 Å². The Labute approximate surface area is 160 Å². The monoisotopic (exact) mass is 396 g/mol. The van der Waals surface area contributed by atoms with E-state index in [0.29, 0.717) is 0 Å². The number of hydrogen-bond donors (Lipinski definition) is 2. The summed E-state index contributed by atoms with van der Waals surface area (Å²) in [4.78, 5) is 0. The van der Waals surface area contributed by atoms with Gasteiger partial charge in [0.1, 0.15) is 0 Å². The normalized spacial score (nSPS) is 10.6. The smallest absolute Gasteiger partial charge is 0.273 e. The zero-order valence-corrected chi connectivity index (χ0v) is 15.1. The van der Waals surface area contributed by atoms with Gasteiger partial charge in [-0.25, -0.2) is 0 Å². The van der Waals surface area contributed by atoms with Crippen LogP contribution < -0.4 is 33.9 Å². The van der Waals surface area contributed by atoms with Crippen LogP contribution in [0.25, 0.3) is 10.0 Å². The first-order chi connectivity index (χ1) is 11.3. The van der Waals surface area contributed by atoms with Gasteiger partial charge in [0.25, 0.3) is 10.0 Å². The summed E-state index contributed by atoms with van der Waals surface area (Å²) in [7, 11) is 0. The molecule has 3 aromatic heterocycles. The highest BCUT2D eigenvalue weighted by atomic mass is 35.5. The molecule has 9 heteroatoms. The molecule has 0 unspecified atom stereocenters. The lowest BCUT2D eigenvalue weighted by atomic mass is 10.3. The van der Waals surface area contributed by atoms with Crippen LogP contribution in [0.15, 0.2) is 71.5 Å². The topological polar surface area (TPSA) is 72.9 Å². The van der Waals surface area contributed by atoms with Crippen LogP contribution in [0.1, 0.15) is 11.1 Å². The number of rotatable bonds is 4. The molecule has 130 valence electrons. The Morgan fingerprint density at radius 2 is 1.04 bits per heavy atom. The van der Waals surface area contributed by atoms with Crippen molar-refractivity contribution in [3.8, 4) is 10.0 Å². The molecular weight excluding hydrogens is 383 g/mol. The Balaban J connectivity index is 0.00000156. The summed E-state index contributed by atoms with van der Waals surface area (Å²) in [6.07, 6.45) is 10.4. The molecule has 0 bridgehead atoms.